The fourth-order valence-electron chi connectivity index (χ4n) is 2.91. The first kappa shape index (κ1) is 12.4. The van der Waals surface area contributed by atoms with Crippen molar-refractivity contribution in [1.29, 1.82) is 0 Å². The maximum absolute atomic E-state index is 13.8. The Hall–Kier alpha value is -0.640. The number of rotatable bonds is 3. The summed E-state index contributed by atoms with van der Waals surface area (Å²) in [6, 6.07) is 4.77. The van der Waals surface area contributed by atoms with Crippen LogP contribution in [0.1, 0.15) is 24.8 Å². The zero-order valence-electron chi connectivity index (χ0n) is 10.2. The van der Waals surface area contributed by atoms with Crippen LogP contribution in [-0.2, 0) is 11.2 Å². The van der Waals surface area contributed by atoms with Gasteiger partial charge in [0.2, 0.25) is 0 Å². The number of hydrogen-bond donors (Lipinski definition) is 1. The van der Waals surface area contributed by atoms with Gasteiger partial charge in [-0.15, -0.1) is 0 Å². The molecule has 0 aromatic heterocycles. The van der Waals surface area contributed by atoms with Crippen LogP contribution in [0.3, 0.4) is 0 Å². The van der Waals surface area contributed by atoms with Gasteiger partial charge in [-0.1, -0.05) is 17.7 Å². The first-order chi connectivity index (χ1) is 8.60. The average molecular weight is 270 g/mol. The lowest BCUT2D eigenvalue weighted by atomic mass is 9.83. The third-order valence-corrected chi connectivity index (χ3v) is 4.40. The lowest BCUT2D eigenvalue weighted by molar-refractivity contribution is 0.0624. The van der Waals surface area contributed by atoms with Crippen molar-refractivity contribution in [3.05, 3.63) is 34.6 Å². The number of nitrogens with two attached hydrogens (primary N) is 1. The third-order valence-electron chi connectivity index (χ3n) is 4.05. The molecule has 1 saturated carbocycles. The Morgan fingerprint density at radius 2 is 2.22 bits per heavy atom. The molecule has 1 aromatic rings. The molecule has 1 aliphatic carbocycles. The van der Waals surface area contributed by atoms with Gasteiger partial charge in [0.05, 0.1) is 6.10 Å². The molecule has 2 fully saturated rings. The normalized spacial score (nSPS) is 31.8. The number of hydrogen-bond acceptors (Lipinski definition) is 2. The molecule has 0 amide bonds. The van der Waals surface area contributed by atoms with Gasteiger partial charge in [-0.3, -0.25) is 0 Å². The Balaban J connectivity index is 1.86. The quantitative estimate of drug-likeness (QED) is 0.916. The molecule has 2 nitrogen and oxygen atoms in total. The number of ether oxygens (including phenoxy) is 1. The molecule has 0 spiro atoms. The van der Waals surface area contributed by atoms with Crippen LogP contribution in [0.4, 0.5) is 4.39 Å². The van der Waals surface area contributed by atoms with Gasteiger partial charge in [0, 0.05) is 22.7 Å². The van der Waals surface area contributed by atoms with Crippen LogP contribution >= 0.6 is 11.6 Å². The molecule has 2 atom stereocenters. The smallest absolute Gasteiger partial charge is 0.127 e. The second kappa shape index (κ2) is 4.48. The monoisotopic (exact) mass is 269 g/mol. The van der Waals surface area contributed by atoms with E-state index in [4.69, 9.17) is 22.1 Å². The highest BCUT2D eigenvalue weighted by Crippen LogP contribution is 2.44. The zero-order chi connectivity index (χ0) is 12.8. The van der Waals surface area contributed by atoms with Crippen molar-refractivity contribution in [2.24, 2.45) is 11.7 Å². The Kier molecular flexibility index (Phi) is 3.08. The van der Waals surface area contributed by atoms with Crippen LogP contribution in [0, 0.1) is 11.7 Å². The predicted molar refractivity (Wildman–Crippen MR) is 69.1 cm³/mol. The van der Waals surface area contributed by atoms with Crippen LogP contribution in [0.2, 0.25) is 5.02 Å². The molecule has 2 aliphatic rings. The zero-order valence-corrected chi connectivity index (χ0v) is 10.9. The molecule has 0 radical (unpaired) electrons. The lowest BCUT2D eigenvalue weighted by Crippen LogP contribution is -2.50. The van der Waals surface area contributed by atoms with Crippen molar-refractivity contribution in [3.63, 3.8) is 0 Å². The van der Waals surface area contributed by atoms with E-state index in [-0.39, 0.29) is 11.9 Å². The van der Waals surface area contributed by atoms with Crippen LogP contribution in [-0.4, -0.2) is 18.2 Å². The first-order valence-corrected chi connectivity index (χ1v) is 6.81. The summed E-state index contributed by atoms with van der Waals surface area (Å²) in [5.41, 5.74) is 6.52. The Bertz CT molecular complexity index is 443. The molecular weight excluding hydrogens is 253 g/mol. The summed E-state index contributed by atoms with van der Waals surface area (Å²) in [6.45, 7) is 0.670. The fourth-order valence-corrected chi connectivity index (χ4v) is 3.14. The van der Waals surface area contributed by atoms with Gasteiger partial charge in [0.1, 0.15) is 5.82 Å². The molecule has 2 N–H and O–H groups in total. The molecule has 0 bridgehead atoms. The largest absolute Gasteiger partial charge is 0.376 e. The molecule has 18 heavy (non-hydrogen) atoms. The standard InChI is InChI=1S/C14H17ClFNO/c15-11-2-1-3-12(16)10(11)8-14(17)6-7-18-13(14)9-4-5-9/h1-3,9,13H,4-8,17H2. The van der Waals surface area contributed by atoms with E-state index in [1.54, 1.807) is 12.1 Å². The summed E-state index contributed by atoms with van der Waals surface area (Å²) in [5, 5.41) is 0.460. The van der Waals surface area contributed by atoms with Crippen molar-refractivity contribution >= 4 is 11.6 Å². The average Bonchev–Trinajstić information content (AvgIpc) is 3.09. The van der Waals surface area contributed by atoms with Crippen molar-refractivity contribution in [2.45, 2.75) is 37.3 Å². The van der Waals surface area contributed by atoms with Crippen molar-refractivity contribution < 1.29 is 9.13 Å². The summed E-state index contributed by atoms with van der Waals surface area (Å²) in [7, 11) is 0. The maximum Gasteiger partial charge on any atom is 0.127 e. The van der Waals surface area contributed by atoms with E-state index in [9.17, 15) is 4.39 Å². The van der Waals surface area contributed by atoms with Gasteiger partial charge in [0.15, 0.2) is 0 Å². The predicted octanol–water partition coefficient (Wildman–Crippen LogP) is 2.92. The Morgan fingerprint density at radius 1 is 1.44 bits per heavy atom. The highest BCUT2D eigenvalue weighted by atomic mass is 35.5. The van der Waals surface area contributed by atoms with Crippen molar-refractivity contribution in [2.75, 3.05) is 6.61 Å². The highest BCUT2D eigenvalue weighted by Gasteiger charge is 2.49. The highest BCUT2D eigenvalue weighted by molar-refractivity contribution is 6.31. The van der Waals surface area contributed by atoms with Gasteiger partial charge in [-0.25, -0.2) is 4.39 Å². The van der Waals surface area contributed by atoms with Crippen LogP contribution in [0.5, 0.6) is 0 Å². The number of halogens is 2. The topological polar surface area (TPSA) is 35.2 Å². The first-order valence-electron chi connectivity index (χ1n) is 6.43. The summed E-state index contributed by atoms with van der Waals surface area (Å²) < 4.78 is 19.6. The van der Waals surface area contributed by atoms with Gasteiger partial charge in [-0.2, -0.15) is 0 Å². The molecule has 98 valence electrons. The maximum atomic E-state index is 13.8. The Morgan fingerprint density at radius 3 is 2.89 bits per heavy atom. The van der Waals surface area contributed by atoms with Gasteiger partial charge >= 0.3 is 0 Å². The van der Waals surface area contributed by atoms with E-state index >= 15 is 0 Å². The number of benzene rings is 1. The fraction of sp³-hybridized carbons (Fsp3) is 0.571. The Labute approximate surface area is 111 Å². The van der Waals surface area contributed by atoms with Gasteiger partial charge < -0.3 is 10.5 Å². The van der Waals surface area contributed by atoms with E-state index in [0.717, 1.165) is 6.42 Å². The minimum Gasteiger partial charge on any atom is -0.376 e. The van der Waals surface area contributed by atoms with Gasteiger partial charge in [0.25, 0.3) is 0 Å². The van der Waals surface area contributed by atoms with E-state index in [0.29, 0.717) is 29.5 Å². The molecule has 1 aliphatic heterocycles. The molecule has 1 saturated heterocycles. The van der Waals surface area contributed by atoms with Crippen molar-refractivity contribution in [1.82, 2.24) is 0 Å². The minimum absolute atomic E-state index is 0.0631. The van der Waals surface area contributed by atoms with Crippen LogP contribution in [0.25, 0.3) is 0 Å². The second-order valence-corrected chi connectivity index (χ2v) is 5.90. The summed E-state index contributed by atoms with van der Waals surface area (Å²) in [4.78, 5) is 0. The van der Waals surface area contributed by atoms with E-state index in [1.165, 1.54) is 18.9 Å². The van der Waals surface area contributed by atoms with Crippen LogP contribution in [0.15, 0.2) is 18.2 Å². The summed E-state index contributed by atoms with van der Waals surface area (Å²) in [6.07, 6.45) is 3.65. The SMILES string of the molecule is NC1(Cc2c(F)cccc2Cl)CCOC1C1CC1. The van der Waals surface area contributed by atoms with E-state index in [2.05, 4.69) is 0 Å². The molecule has 2 unspecified atom stereocenters. The molecule has 1 aromatic carbocycles. The van der Waals surface area contributed by atoms with E-state index < -0.39 is 5.54 Å². The van der Waals surface area contributed by atoms with Crippen LogP contribution < -0.4 is 5.73 Å². The third kappa shape index (κ3) is 2.15. The summed E-state index contributed by atoms with van der Waals surface area (Å²) in [5.74, 6) is 0.289. The van der Waals surface area contributed by atoms with Gasteiger partial charge in [-0.05, 0) is 43.7 Å². The second-order valence-electron chi connectivity index (χ2n) is 5.49. The molecule has 3 rings (SSSR count). The lowest BCUT2D eigenvalue weighted by Gasteiger charge is -2.30. The van der Waals surface area contributed by atoms with Crippen molar-refractivity contribution in [3.8, 4) is 0 Å². The molecule has 1 heterocycles. The minimum atomic E-state index is -0.465. The molecular formula is C14H17ClFNO. The molecule has 4 heteroatoms. The summed E-state index contributed by atoms with van der Waals surface area (Å²) >= 11 is 6.08. The van der Waals surface area contributed by atoms with E-state index in [1.807, 2.05) is 0 Å².